The summed E-state index contributed by atoms with van der Waals surface area (Å²) in [5, 5.41) is 3.38. The van der Waals surface area contributed by atoms with Crippen LogP contribution in [0, 0.1) is 13.8 Å². The second-order valence-corrected chi connectivity index (χ2v) is 6.34. The van der Waals surface area contributed by atoms with E-state index in [-0.39, 0.29) is 5.91 Å². The van der Waals surface area contributed by atoms with E-state index in [4.69, 9.17) is 0 Å². The summed E-state index contributed by atoms with van der Waals surface area (Å²) in [6, 6.07) is 8.01. The fourth-order valence-electron chi connectivity index (χ4n) is 3.02. The molecule has 1 aromatic carbocycles. The van der Waals surface area contributed by atoms with Gasteiger partial charge in [0, 0.05) is 57.2 Å². The first-order valence-corrected chi connectivity index (χ1v) is 8.75. The van der Waals surface area contributed by atoms with E-state index in [2.05, 4.69) is 46.2 Å². The van der Waals surface area contributed by atoms with E-state index < -0.39 is 0 Å². The van der Waals surface area contributed by atoms with Crippen molar-refractivity contribution in [2.75, 3.05) is 42.9 Å². The molecular weight excluding hydrogens is 314 g/mol. The van der Waals surface area contributed by atoms with Crippen molar-refractivity contribution in [2.45, 2.75) is 20.3 Å². The lowest BCUT2D eigenvalue weighted by Gasteiger charge is -2.34. The number of hydrogen-bond acceptors (Lipinski definition) is 5. The highest BCUT2D eigenvalue weighted by Gasteiger charge is 2.22. The van der Waals surface area contributed by atoms with Crippen molar-refractivity contribution in [3.63, 3.8) is 0 Å². The molecule has 1 aromatic heterocycles. The van der Waals surface area contributed by atoms with Crippen LogP contribution in [0.15, 0.2) is 36.7 Å². The number of anilines is 2. The second kappa shape index (κ2) is 7.96. The van der Waals surface area contributed by atoms with Gasteiger partial charge >= 0.3 is 0 Å². The van der Waals surface area contributed by atoms with Crippen LogP contribution in [0.4, 0.5) is 11.6 Å². The van der Waals surface area contributed by atoms with Crippen LogP contribution >= 0.6 is 0 Å². The molecule has 1 saturated heterocycles. The zero-order valence-corrected chi connectivity index (χ0v) is 14.9. The minimum Gasteiger partial charge on any atom is -0.384 e. The van der Waals surface area contributed by atoms with Gasteiger partial charge in [0.05, 0.1) is 0 Å². The maximum absolute atomic E-state index is 12.4. The van der Waals surface area contributed by atoms with Gasteiger partial charge in [-0.1, -0.05) is 12.1 Å². The number of hydrogen-bond donors (Lipinski definition) is 1. The minimum absolute atomic E-state index is 0.200. The summed E-state index contributed by atoms with van der Waals surface area (Å²) in [5.41, 5.74) is 3.61. The van der Waals surface area contributed by atoms with E-state index in [1.54, 1.807) is 12.4 Å². The molecule has 2 heterocycles. The quantitative estimate of drug-likeness (QED) is 0.905. The average molecular weight is 339 g/mol. The van der Waals surface area contributed by atoms with Crippen LogP contribution in [-0.4, -0.2) is 53.5 Å². The van der Waals surface area contributed by atoms with Crippen LogP contribution in [-0.2, 0) is 4.79 Å². The topological polar surface area (TPSA) is 61.4 Å². The first kappa shape index (κ1) is 17.2. The Morgan fingerprint density at radius 2 is 1.80 bits per heavy atom. The Kier molecular flexibility index (Phi) is 5.48. The van der Waals surface area contributed by atoms with Crippen molar-refractivity contribution in [3.8, 4) is 0 Å². The van der Waals surface area contributed by atoms with E-state index >= 15 is 0 Å². The van der Waals surface area contributed by atoms with Gasteiger partial charge in [-0.2, -0.15) is 0 Å². The molecule has 6 nitrogen and oxygen atoms in total. The van der Waals surface area contributed by atoms with Gasteiger partial charge in [0.25, 0.3) is 0 Å². The number of aromatic nitrogens is 2. The highest BCUT2D eigenvalue weighted by atomic mass is 16.2. The van der Waals surface area contributed by atoms with Crippen molar-refractivity contribution < 1.29 is 4.79 Å². The van der Waals surface area contributed by atoms with Crippen LogP contribution in [0.5, 0.6) is 0 Å². The molecule has 1 aliphatic heterocycles. The third-order valence-electron chi connectivity index (χ3n) is 4.73. The van der Waals surface area contributed by atoms with Crippen LogP contribution in [0.25, 0.3) is 0 Å². The summed E-state index contributed by atoms with van der Waals surface area (Å²) < 4.78 is 0. The summed E-state index contributed by atoms with van der Waals surface area (Å²) >= 11 is 0. The molecule has 6 heteroatoms. The number of nitrogens with one attached hydrogen (secondary N) is 1. The largest absolute Gasteiger partial charge is 0.384 e. The Labute approximate surface area is 148 Å². The molecule has 0 radical (unpaired) electrons. The molecule has 0 unspecified atom stereocenters. The van der Waals surface area contributed by atoms with E-state index in [1.165, 1.54) is 11.1 Å². The van der Waals surface area contributed by atoms with E-state index in [0.717, 1.165) is 37.8 Å². The molecule has 3 rings (SSSR count). The smallest absolute Gasteiger partial charge is 0.225 e. The third-order valence-corrected chi connectivity index (χ3v) is 4.73. The number of carbonyl (C=O) groups excluding carboxylic acids is 1. The molecule has 25 heavy (non-hydrogen) atoms. The van der Waals surface area contributed by atoms with Crippen molar-refractivity contribution in [3.05, 3.63) is 47.8 Å². The predicted molar refractivity (Wildman–Crippen MR) is 99.8 cm³/mol. The molecule has 1 N–H and O–H groups in total. The predicted octanol–water partition coefficient (Wildman–Crippen LogP) is 2.24. The van der Waals surface area contributed by atoms with Crippen LogP contribution < -0.4 is 10.2 Å². The van der Waals surface area contributed by atoms with Gasteiger partial charge in [0.15, 0.2) is 0 Å². The lowest BCUT2D eigenvalue weighted by Crippen LogP contribution is -2.49. The average Bonchev–Trinajstić information content (AvgIpc) is 2.66. The maximum atomic E-state index is 12.4. The molecule has 1 aliphatic rings. The van der Waals surface area contributed by atoms with Gasteiger partial charge in [0.2, 0.25) is 11.9 Å². The molecule has 0 spiro atoms. The van der Waals surface area contributed by atoms with Crippen molar-refractivity contribution in [1.29, 1.82) is 0 Å². The maximum Gasteiger partial charge on any atom is 0.225 e. The number of benzene rings is 1. The van der Waals surface area contributed by atoms with Gasteiger partial charge in [-0.3, -0.25) is 4.79 Å². The molecule has 0 aliphatic carbocycles. The lowest BCUT2D eigenvalue weighted by atomic mass is 10.1. The minimum atomic E-state index is 0.200. The summed E-state index contributed by atoms with van der Waals surface area (Å²) in [5.74, 6) is 0.942. The number of carbonyl (C=O) groups is 1. The molecule has 132 valence electrons. The first-order chi connectivity index (χ1) is 12.1. The summed E-state index contributed by atoms with van der Waals surface area (Å²) in [7, 11) is 0. The standard InChI is InChI=1S/C19H25N5O/c1-15-5-3-6-17(16(15)2)20-10-7-18(25)23-11-13-24(14-12-23)19-21-8-4-9-22-19/h3-6,8-9,20H,7,10-14H2,1-2H3. The highest BCUT2D eigenvalue weighted by Crippen LogP contribution is 2.18. The fourth-order valence-corrected chi connectivity index (χ4v) is 3.02. The Morgan fingerprint density at radius 3 is 2.52 bits per heavy atom. The normalized spacial score (nSPS) is 14.5. The molecular formula is C19H25N5O. The zero-order valence-electron chi connectivity index (χ0n) is 14.9. The van der Waals surface area contributed by atoms with E-state index in [1.807, 2.05) is 17.0 Å². The third kappa shape index (κ3) is 4.26. The summed E-state index contributed by atoms with van der Waals surface area (Å²) in [6.07, 6.45) is 4.01. The van der Waals surface area contributed by atoms with E-state index in [0.29, 0.717) is 13.0 Å². The van der Waals surface area contributed by atoms with Gasteiger partial charge in [0.1, 0.15) is 0 Å². The highest BCUT2D eigenvalue weighted by molar-refractivity contribution is 5.77. The fraction of sp³-hybridized carbons (Fsp3) is 0.421. The second-order valence-electron chi connectivity index (χ2n) is 6.34. The van der Waals surface area contributed by atoms with Crippen molar-refractivity contribution >= 4 is 17.5 Å². The molecule has 1 fully saturated rings. The Balaban J connectivity index is 1.44. The molecule has 1 amide bonds. The number of amides is 1. The van der Waals surface area contributed by atoms with Gasteiger partial charge in [-0.25, -0.2) is 9.97 Å². The molecule has 0 atom stereocenters. The SMILES string of the molecule is Cc1cccc(NCCC(=O)N2CCN(c3ncccn3)CC2)c1C. The number of nitrogens with zero attached hydrogens (tertiary/aromatic N) is 4. The molecule has 2 aromatic rings. The summed E-state index contributed by atoms with van der Waals surface area (Å²) in [4.78, 5) is 25.0. The Bertz CT molecular complexity index is 711. The van der Waals surface area contributed by atoms with Crippen LogP contribution in [0.3, 0.4) is 0 Å². The van der Waals surface area contributed by atoms with E-state index in [9.17, 15) is 4.79 Å². The Morgan fingerprint density at radius 1 is 1.08 bits per heavy atom. The first-order valence-electron chi connectivity index (χ1n) is 8.75. The number of piperazine rings is 1. The van der Waals surface area contributed by atoms with Crippen LogP contribution in [0.1, 0.15) is 17.5 Å². The lowest BCUT2D eigenvalue weighted by molar-refractivity contribution is -0.131. The van der Waals surface area contributed by atoms with Crippen LogP contribution in [0.2, 0.25) is 0 Å². The molecule has 0 saturated carbocycles. The van der Waals surface area contributed by atoms with Crippen molar-refractivity contribution in [2.24, 2.45) is 0 Å². The van der Waals surface area contributed by atoms with Gasteiger partial charge < -0.3 is 15.1 Å². The Hall–Kier alpha value is -2.63. The number of aryl methyl sites for hydroxylation is 1. The van der Waals surface area contributed by atoms with Gasteiger partial charge in [-0.15, -0.1) is 0 Å². The van der Waals surface area contributed by atoms with Crippen molar-refractivity contribution in [1.82, 2.24) is 14.9 Å². The monoisotopic (exact) mass is 339 g/mol. The number of rotatable bonds is 5. The molecule has 0 bridgehead atoms. The summed E-state index contributed by atoms with van der Waals surface area (Å²) in [6.45, 7) is 7.86. The van der Waals surface area contributed by atoms with Gasteiger partial charge in [-0.05, 0) is 37.1 Å². The zero-order chi connectivity index (χ0) is 17.6.